The summed E-state index contributed by atoms with van der Waals surface area (Å²) < 4.78 is 32.9. The quantitative estimate of drug-likeness (QED) is 0.770. The van der Waals surface area contributed by atoms with E-state index in [2.05, 4.69) is 0 Å². The molecule has 2 rings (SSSR count). The first-order valence-electron chi connectivity index (χ1n) is 6.02. The SMILES string of the molecule is COc1ccc(C2(C(C)(F)F)CCCC2)cc1. The van der Waals surface area contributed by atoms with Crippen LogP contribution in [0.5, 0.6) is 5.75 Å². The van der Waals surface area contributed by atoms with Crippen LogP contribution in [0.1, 0.15) is 38.2 Å². The second kappa shape index (κ2) is 4.28. The number of ether oxygens (including phenoxy) is 1. The van der Waals surface area contributed by atoms with Crippen LogP contribution in [0.3, 0.4) is 0 Å². The summed E-state index contributed by atoms with van der Waals surface area (Å²) in [7, 11) is 1.58. The van der Waals surface area contributed by atoms with Crippen LogP contribution < -0.4 is 4.74 Å². The van der Waals surface area contributed by atoms with E-state index in [1.54, 1.807) is 31.4 Å². The maximum atomic E-state index is 13.9. The Labute approximate surface area is 101 Å². The number of halogens is 2. The van der Waals surface area contributed by atoms with E-state index in [-0.39, 0.29) is 0 Å². The highest BCUT2D eigenvalue weighted by molar-refractivity contribution is 5.35. The predicted octanol–water partition coefficient (Wildman–Crippen LogP) is 4.16. The Morgan fingerprint density at radius 3 is 2.06 bits per heavy atom. The van der Waals surface area contributed by atoms with E-state index in [4.69, 9.17) is 4.74 Å². The van der Waals surface area contributed by atoms with Gasteiger partial charge in [-0.05, 0) is 30.5 Å². The number of hydrogen-bond donors (Lipinski definition) is 0. The fraction of sp³-hybridized carbons (Fsp3) is 0.571. The number of benzene rings is 1. The van der Waals surface area contributed by atoms with Gasteiger partial charge in [-0.3, -0.25) is 0 Å². The van der Waals surface area contributed by atoms with Gasteiger partial charge in [0.2, 0.25) is 0 Å². The maximum Gasteiger partial charge on any atom is 0.254 e. The second-order valence-electron chi connectivity index (χ2n) is 4.91. The molecule has 1 aromatic rings. The molecule has 0 radical (unpaired) electrons. The van der Waals surface area contributed by atoms with Crippen molar-refractivity contribution in [3.05, 3.63) is 29.8 Å². The van der Waals surface area contributed by atoms with Gasteiger partial charge in [-0.2, -0.15) is 0 Å². The minimum Gasteiger partial charge on any atom is -0.497 e. The van der Waals surface area contributed by atoms with Gasteiger partial charge >= 0.3 is 0 Å². The molecule has 3 heteroatoms. The maximum absolute atomic E-state index is 13.9. The summed E-state index contributed by atoms with van der Waals surface area (Å²) in [5, 5.41) is 0. The zero-order chi connectivity index (χ0) is 12.5. The van der Waals surface area contributed by atoms with E-state index in [1.807, 2.05) is 0 Å². The highest BCUT2D eigenvalue weighted by atomic mass is 19.3. The molecule has 0 bridgehead atoms. The van der Waals surface area contributed by atoms with Gasteiger partial charge in [0.25, 0.3) is 5.92 Å². The van der Waals surface area contributed by atoms with Crippen molar-refractivity contribution in [1.29, 1.82) is 0 Å². The van der Waals surface area contributed by atoms with Gasteiger partial charge in [0.05, 0.1) is 12.5 Å². The highest BCUT2D eigenvalue weighted by Crippen LogP contribution is 2.51. The van der Waals surface area contributed by atoms with Crippen LogP contribution in [0.15, 0.2) is 24.3 Å². The number of hydrogen-bond acceptors (Lipinski definition) is 1. The van der Waals surface area contributed by atoms with Crippen molar-refractivity contribution in [2.24, 2.45) is 0 Å². The van der Waals surface area contributed by atoms with E-state index < -0.39 is 11.3 Å². The molecule has 1 aliphatic rings. The van der Waals surface area contributed by atoms with Gasteiger partial charge in [0.1, 0.15) is 5.75 Å². The van der Waals surface area contributed by atoms with Gasteiger partial charge < -0.3 is 4.74 Å². The largest absolute Gasteiger partial charge is 0.497 e. The molecule has 0 aliphatic heterocycles. The smallest absolute Gasteiger partial charge is 0.254 e. The average molecular weight is 240 g/mol. The number of methoxy groups -OCH3 is 1. The third-order valence-corrected chi connectivity index (χ3v) is 3.94. The first-order valence-corrected chi connectivity index (χ1v) is 6.02. The molecule has 0 unspecified atom stereocenters. The van der Waals surface area contributed by atoms with Gasteiger partial charge in [-0.1, -0.05) is 25.0 Å². The van der Waals surface area contributed by atoms with Crippen LogP contribution in [0.4, 0.5) is 8.78 Å². The molecule has 0 saturated heterocycles. The van der Waals surface area contributed by atoms with E-state index >= 15 is 0 Å². The lowest BCUT2D eigenvalue weighted by atomic mass is 9.74. The lowest BCUT2D eigenvalue weighted by Gasteiger charge is -2.35. The van der Waals surface area contributed by atoms with Crippen LogP contribution in [0.2, 0.25) is 0 Å². The summed E-state index contributed by atoms with van der Waals surface area (Å²) in [5.41, 5.74) is -0.234. The molecule has 1 fully saturated rings. The summed E-state index contributed by atoms with van der Waals surface area (Å²) in [5.74, 6) is -1.96. The Kier molecular flexibility index (Phi) is 3.11. The fourth-order valence-corrected chi connectivity index (χ4v) is 2.87. The first kappa shape index (κ1) is 12.3. The molecule has 1 aliphatic carbocycles. The molecule has 94 valence electrons. The summed E-state index contributed by atoms with van der Waals surface area (Å²) >= 11 is 0. The number of alkyl halides is 2. The van der Waals surface area contributed by atoms with E-state index in [1.165, 1.54) is 0 Å². The van der Waals surface area contributed by atoms with Crippen LogP contribution in [-0.4, -0.2) is 13.0 Å². The Morgan fingerprint density at radius 1 is 1.12 bits per heavy atom. The van der Waals surface area contributed by atoms with Crippen LogP contribution in [-0.2, 0) is 5.41 Å². The van der Waals surface area contributed by atoms with E-state index in [9.17, 15) is 8.78 Å². The van der Waals surface area contributed by atoms with Crippen LogP contribution in [0, 0.1) is 0 Å². The molecule has 0 heterocycles. The molecule has 0 spiro atoms. The van der Waals surface area contributed by atoms with Gasteiger partial charge in [0.15, 0.2) is 0 Å². The summed E-state index contributed by atoms with van der Waals surface area (Å²) in [6.07, 6.45) is 2.91. The van der Waals surface area contributed by atoms with Crippen molar-refractivity contribution in [3.8, 4) is 5.75 Å². The van der Waals surface area contributed by atoms with Crippen molar-refractivity contribution in [2.75, 3.05) is 7.11 Å². The minimum atomic E-state index is -2.67. The first-order chi connectivity index (χ1) is 7.99. The van der Waals surface area contributed by atoms with Crippen LogP contribution >= 0.6 is 0 Å². The molecule has 1 saturated carbocycles. The topological polar surface area (TPSA) is 9.23 Å². The summed E-state index contributed by atoms with van der Waals surface area (Å²) in [6.45, 7) is 1.04. The summed E-state index contributed by atoms with van der Waals surface area (Å²) in [4.78, 5) is 0. The Bertz CT molecular complexity index is 372. The standard InChI is InChI=1S/C14H18F2O/c1-13(15,16)14(9-3-4-10-14)11-5-7-12(17-2)8-6-11/h5-8H,3-4,9-10H2,1-2H3. The molecular weight excluding hydrogens is 222 g/mol. The van der Waals surface area contributed by atoms with Crippen LogP contribution in [0.25, 0.3) is 0 Å². The molecule has 1 nitrogen and oxygen atoms in total. The lowest BCUT2D eigenvalue weighted by molar-refractivity contribution is -0.0600. The molecule has 0 N–H and O–H groups in total. The van der Waals surface area contributed by atoms with Crippen molar-refractivity contribution >= 4 is 0 Å². The third-order valence-electron chi connectivity index (χ3n) is 3.94. The van der Waals surface area contributed by atoms with Crippen molar-refractivity contribution in [3.63, 3.8) is 0 Å². The molecule has 17 heavy (non-hydrogen) atoms. The lowest BCUT2D eigenvalue weighted by Crippen LogP contribution is -2.40. The predicted molar refractivity (Wildman–Crippen MR) is 63.8 cm³/mol. The Balaban J connectivity index is 2.39. The number of rotatable bonds is 3. The average Bonchev–Trinajstić information content (AvgIpc) is 2.79. The molecule has 0 atom stereocenters. The van der Waals surface area contributed by atoms with Gasteiger partial charge in [-0.25, -0.2) is 8.78 Å². The molecule has 0 aromatic heterocycles. The monoisotopic (exact) mass is 240 g/mol. The zero-order valence-electron chi connectivity index (χ0n) is 10.3. The van der Waals surface area contributed by atoms with Gasteiger partial charge in [-0.15, -0.1) is 0 Å². The normalized spacial score (nSPS) is 19.3. The molecular formula is C14H18F2O. The fourth-order valence-electron chi connectivity index (χ4n) is 2.87. The minimum absolute atomic E-state index is 0.572. The van der Waals surface area contributed by atoms with Crippen molar-refractivity contribution in [2.45, 2.75) is 43.9 Å². The van der Waals surface area contributed by atoms with E-state index in [0.29, 0.717) is 18.6 Å². The molecule has 1 aromatic carbocycles. The molecule has 0 amide bonds. The third kappa shape index (κ3) is 2.03. The highest BCUT2D eigenvalue weighted by Gasteiger charge is 2.52. The zero-order valence-corrected chi connectivity index (χ0v) is 10.3. The van der Waals surface area contributed by atoms with Crippen molar-refractivity contribution < 1.29 is 13.5 Å². The Morgan fingerprint density at radius 2 is 1.65 bits per heavy atom. The Hall–Kier alpha value is -1.12. The van der Waals surface area contributed by atoms with E-state index in [0.717, 1.165) is 25.3 Å². The second-order valence-corrected chi connectivity index (χ2v) is 4.91. The van der Waals surface area contributed by atoms with Gasteiger partial charge in [0, 0.05) is 6.92 Å². The summed E-state index contributed by atoms with van der Waals surface area (Å²) in [6, 6.07) is 7.09. The van der Waals surface area contributed by atoms with Crippen molar-refractivity contribution in [1.82, 2.24) is 0 Å².